The molecule has 0 saturated heterocycles. The van der Waals surface area contributed by atoms with Crippen LogP contribution in [0, 0.1) is 11.7 Å². The third-order valence-corrected chi connectivity index (χ3v) is 3.40. The highest BCUT2D eigenvalue weighted by molar-refractivity contribution is 6.31. The van der Waals surface area contributed by atoms with Gasteiger partial charge in [-0.05, 0) is 31.0 Å². The van der Waals surface area contributed by atoms with E-state index in [1.54, 1.807) is 12.1 Å². The van der Waals surface area contributed by atoms with Crippen molar-refractivity contribution >= 4 is 11.6 Å². The third kappa shape index (κ3) is 4.58. The van der Waals surface area contributed by atoms with Gasteiger partial charge in [0.05, 0.1) is 0 Å². The van der Waals surface area contributed by atoms with Crippen LogP contribution in [0.1, 0.15) is 51.6 Å². The van der Waals surface area contributed by atoms with Crippen LogP contribution >= 0.6 is 11.6 Å². The van der Waals surface area contributed by atoms with Gasteiger partial charge in [-0.2, -0.15) is 0 Å². The van der Waals surface area contributed by atoms with Crippen molar-refractivity contribution in [3.05, 3.63) is 34.6 Å². The number of rotatable bonds is 7. The molecule has 18 heavy (non-hydrogen) atoms. The molecule has 1 aromatic rings. The molecule has 1 aromatic carbocycles. The predicted molar refractivity (Wildman–Crippen MR) is 76.5 cm³/mol. The van der Waals surface area contributed by atoms with Crippen molar-refractivity contribution < 1.29 is 4.39 Å². The van der Waals surface area contributed by atoms with Crippen molar-refractivity contribution in [3.8, 4) is 0 Å². The Morgan fingerprint density at radius 2 is 2.00 bits per heavy atom. The summed E-state index contributed by atoms with van der Waals surface area (Å²) in [6.07, 6.45) is 3.17. The Bertz CT molecular complexity index is 345. The van der Waals surface area contributed by atoms with Gasteiger partial charge in [-0.25, -0.2) is 4.39 Å². The van der Waals surface area contributed by atoms with E-state index in [0.717, 1.165) is 25.8 Å². The quantitative estimate of drug-likeness (QED) is 0.739. The SMILES string of the molecule is CCNC(CCCC(C)C)c1c(F)cccc1Cl. The van der Waals surface area contributed by atoms with Gasteiger partial charge in [0.15, 0.2) is 0 Å². The van der Waals surface area contributed by atoms with Crippen molar-refractivity contribution in [1.29, 1.82) is 0 Å². The Morgan fingerprint density at radius 1 is 1.28 bits per heavy atom. The molecule has 0 aliphatic heterocycles. The molecular formula is C15H23ClFN. The summed E-state index contributed by atoms with van der Waals surface area (Å²) in [5.41, 5.74) is 0.616. The molecular weight excluding hydrogens is 249 g/mol. The average Bonchev–Trinajstić information content (AvgIpc) is 2.28. The monoisotopic (exact) mass is 271 g/mol. The number of hydrogen-bond donors (Lipinski definition) is 1. The van der Waals surface area contributed by atoms with Gasteiger partial charge in [0.25, 0.3) is 0 Å². The molecule has 1 rings (SSSR count). The van der Waals surface area contributed by atoms with Crippen LogP contribution in [-0.4, -0.2) is 6.54 Å². The minimum atomic E-state index is -0.210. The normalized spacial score (nSPS) is 13.0. The van der Waals surface area contributed by atoms with Gasteiger partial charge >= 0.3 is 0 Å². The number of benzene rings is 1. The van der Waals surface area contributed by atoms with Gasteiger partial charge in [-0.15, -0.1) is 0 Å². The molecule has 1 N–H and O–H groups in total. The lowest BCUT2D eigenvalue weighted by Gasteiger charge is -2.20. The highest BCUT2D eigenvalue weighted by Crippen LogP contribution is 2.29. The molecule has 0 aromatic heterocycles. The fourth-order valence-electron chi connectivity index (χ4n) is 2.17. The zero-order chi connectivity index (χ0) is 13.5. The predicted octanol–water partition coefficient (Wildman–Crippen LogP) is 4.96. The Kier molecular flexibility index (Phi) is 6.66. The molecule has 0 spiro atoms. The molecule has 0 saturated carbocycles. The second-order valence-corrected chi connectivity index (χ2v) is 5.48. The molecule has 1 unspecified atom stereocenters. The highest BCUT2D eigenvalue weighted by atomic mass is 35.5. The maximum atomic E-state index is 13.9. The zero-order valence-electron chi connectivity index (χ0n) is 11.5. The van der Waals surface area contributed by atoms with E-state index in [4.69, 9.17) is 11.6 Å². The summed E-state index contributed by atoms with van der Waals surface area (Å²) in [7, 11) is 0. The lowest BCUT2D eigenvalue weighted by atomic mass is 9.97. The van der Waals surface area contributed by atoms with E-state index in [0.29, 0.717) is 16.5 Å². The van der Waals surface area contributed by atoms with Gasteiger partial charge in [-0.1, -0.05) is 51.3 Å². The van der Waals surface area contributed by atoms with Crippen molar-refractivity contribution in [3.63, 3.8) is 0 Å². The van der Waals surface area contributed by atoms with E-state index in [1.165, 1.54) is 6.07 Å². The minimum Gasteiger partial charge on any atom is -0.310 e. The molecule has 1 atom stereocenters. The largest absolute Gasteiger partial charge is 0.310 e. The van der Waals surface area contributed by atoms with Crippen LogP contribution in [0.25, 0.3) is 0 Å². The summed E-state index contributed by atoms with van der Waals surface area (Å²) in [5.74, 6) is 0.473. The first-order valence-electron chi connectivity index (χ1n) is 6.73. The summed E-state index contributed by atoms with van der Waals surface area (Å²) in [6, 6.07) is 4.90. The number of nitrogens with one attached hydrogen (secondary N) is 1. The van der Waals surface area contributed by atoms with E-state index >= 15 is 0 Å². The molecule has 102 valence electrons. The highest BCUT2D eigenvalue weighted by Gasteiger charge is 2.17. The number of hydrogen-bond acceptors (Lipinski definition) is 1. The maximum Gasteiger partial charge on any atom is 0.129 e. The van der Waals surface area contributed by atoms with Crippen LogP contribution in [0.2, 0.25) is 5.02 Å². The van der Waals surface area contributed by atoms with Crippen LogP contribution in [0.5, 0.6) is 0 Å². The summed E-state index contributed by atoms with van der Waals surface area (Å²) >= 11 is 6.12. The summed E-state index contributed by atoms with van der Waals surface area (Å²) < 4.78 is 13.9. The smallest absolute Gasteiger partial charge is 0.129 e. The Hall–Kier alpha value is -0.600. The first-order valence-corrected chi connectivity index (χ1v) is 7.11. The van der Waals surface area contributed by atoms with Crippen molar-refractivity contribution in [1.82, 2.24) is 5.32 Å². The first-order chi connectivity index (χ1) is 8.56. The lowest BCUT2D eigenvalue weighted by molar-refractivity contribution is 0.441. The molecule has 0 fully saturated rings. The fourth-order valence-corrected chi connectivity index (χ4v) is 2.46. The second kappa shape index (κ2) is 7.75. The molecule has 0 radical (unpaired) electrons. The summed E-state index contributed by atoms with van der Waals surface area (Å²) in [6.45, 7) is 7.26. The van der Waals surface area contributed by atoms with Crippen molar-refractivity contribution in [2.75, 3.05) is 6.54 Å². The van der Waals surface area contributed by atoms with E-state index in [2.05, 4.69) is 19.2 Å². The van der Waals surface area contributed by atoms with Gasteiger partial charge in [0, 0.05) is 16.6 Å². The molecule has 0 aliphatic rings. The van der Waals surface area contributed by atoms with E-state index < -0.39 is 0 Å². The fraction of sp³-hybridized carbons (Fsp3) is 0.600. The summed E-state index contributed by atoms with van der Waals surface area (Å²) in [4.78, 5) is 0. The standard InChI is InChI=1S/C15H23ClFN/c1-4-18-14(10-5-7-11(2)3)15-12(16)8-6-9-13(15)17/h6,8-9,11,14,18H,4-5,7,10H2,1-3H3. The zero-order valence-corrected chi connectivity index (χ0v) is 12.2. The lowest BCUT2D eigenvalue weighted by Crippen LogP contribution is -2.22. The molecule has 1 nitrogen and oxygen atoms in total. The molecule has 0 amide bonds. The molecule has 0 heterocycles. The second-order valence-electron chi connectivity index (χ2n) is 5.07. The van der Waals surface area contributed by atoms with Crippen LogP contribution in [0.15, 0.2) is 18.2 Å². The Morgan fingerprint density at radius 3 is 2.56 bits per heavy atom. The number of halogens is 2. The van der Waals surface area contributed by atoms with Crippen molar-refractivity contribution in [2.45, 2.75) is 46.1 Å². The maximum absolute atomic E-state index is 13.9. The van der Waals surface area contributed by atoms with E-state index in [-0.39, 0.29) is 11.9 Å². The van der Waals surface area contributed by atoms with Gasteiger partial charge in [0.1, 0.15) is 5.82 Å². The van der Waals surface area contributed by atoms with Gasteiger partial charge in [0.2, 0.25) is 0 Å². The minimum absolute atomic E-state index is 0.0162. The van der Waals surface area contributed by atoms with Crippen LogP contribution in [0.3, 0.4) is 0 Å². The van der Waals surface area contributed by atoms with Crippen molar-refractivity contribution in [2.24, 2.45) is 5.92 Å². The van der Waals surface area contributed by atoms with Crippen LogP contribution in [-0.2, 0) is 0 Å². The van der Waals surface area contributed by atoms with Crippen LogP contribution < -0.4 is 5.32 Å². The average molecular weight is 272 g/mol. The van der Waals surface area contributed by atoms with E-state index in [1.807, 2.05) is 6.92 Å². The Balaban J connectivity index is 2.77. The molecule has 0 aliphatic carbocycles. The molecule has 3 heteroatoms. The van der Waals surface area contributed by atoms with Gasteiger partial charge in [-0.3, -0.25) is 0 Å². The molecule has 0 bridgehead atoms. The summed E-state index contributed by atoms with van der Waals surface area (Å²) in [5, 5.41) is 3.85. The first kappa shape index (κ1) is 15.5. The third-order valence-electron chi connectivity index (χ3n) is 3.07. The van der Waals surface area contributed by atoms with E-state index in [9.17, 15) is 4.39 Å². The van der Waals surface area contributed by atoms with Crippen LogP contribution in [0.4, 0.5) is 4.39 Å². The Labute approximate surface area is 115 Å². The topological polar surface area (TPSA) is 12.0 Å². The van der Waals surface area contributed by atoms with Gasteiger partial charge < -0.3 is 5.32 Å².